The maximum Gasteiger partial charge on any atom is 0.529 e. The van der Waals surface area contributed by atoms with Crippen molar-refractivity contribution in [1.82, 2.24) is 10.6 Å². The highest BCUT2D eigenvalue weighted by Gasteiger charge is 2.33. The van der Waals surface area contributed by atoms with Gasteiger partial charge < -0.3 is 30.2 Å². The Kier molecular flexibility index (Phi) is 9.61. The van der Waals surface area contributed by atoms with E-state index in [0.29, 0.717) is 0 Å². The van der Waals surface area contributed by atoms with Gasteiger partial charge in [0.15, 0.2) is 5.68 Å². The first kappa shape index (κ1) is 26.9. The number of carbonyl (C=O) groups is 3. The summed E-state index contributed by atoms with van der Waals surface area (Å²) < 4.78 is 5.29. The Labute approximate surface area is 210 Å². The van der Waals surface area contributed by atoms with Gasteiger partial charge in [-0.1, -0.05) is 86.6 Å². The molecule has 0 bridgehead atoms. The van der Waals surface area contributed by atoms with Crippen LogP contribution in [-0.2, 0) is 27.4 Å². The number of rotatable bonds is 11. The Hall–Kier alpha value is -3.69. The van der Waals surface area contributed by atoms with Crippen molar-refractivity contribution < 1.29 is 29.2 Å². The lowest BCUT2D eigenvalue weighted by Crippen LogP contribution is -2.55. The van der Waals surface area contributed by atoms with E-state index in [1.165, 1.54) is 0 Å². The Morgan fingerprint density at radius 2 is 1.50 bits per heavy atom. The Morgan fingerprint density at radius 1 is 0.833 bits per heavy atom. The van der Waals surface area contributed by atoms with Crippen molar-refractivity contribution >= 4 is 35.6 Å². The molecule has 0 unspecified atom stereocenters. The van der Waals surface area contributed by atoms with E-state index in [0.717, 1.165) is 21.9 Å². The zero-order valence-electron chi connectivity index (χ0n) is 20.4. The first-order chi connectivity index (χ1) is 17.2. The third kappa shape index (κ3) is 7.93. The molecular formula is C27H31BN2O6. The van der Waals surface area contributed by atoms with Crippen LogP contribution in [0, 0.1) is 5.92 Å². The van der Waals surface area contributed by atoms with E-state index in [-0.39, 0.29) is 25.4 Å². The van der Waals surface area contributed by atoms with E-state index >= 15 is 0 Å². The summed E-state index contributed by atoms with van der Waals surface area (Å²) in [5, 5.41) is 26.0. The Morgan fingerprint density at radius 3 is 2.17 bits per heavy atom. The number of hydrogen-bond donors (Lipinski definition) is 4. The molecule has 0 aliphatic rings. The first-order valence-electron chi connectivity index (χ1n) is 11.9. The Balaban J connectivity index is 1.78. The lowest BCUT2D eigenvalue weighted by molar-refractivity contribution is -0.127. The third-order valence-electron chi connectivity index (χ3n) is 5.70. The lowest BCUT2D eigenvalue weighted by Gasteiger charge is -2.24. The van der Waals surface area contributed by atoms with Crippen LogP contribution in [0.4, 0.5) is 4.79 Å². The van der Waals surface area contributed by atoms with Gasteiger partial charge in [0, 0.05) is 6.42 Å². The minimum Gasteiger partial charge on any atom is -0.445 e. The number of hydrogen-bond acceptors (Lipinski definition) is 6. The van der Waals surface area contributed by atoms with Gasteiger partial charge in [0.1, 0.15) is 12.6 Å². The molecule has 0 heterocycles. The fourth-order valence-electron chi connectivity index (χ4n) is 3.89. The molecule has 2 atom stereocenters. The van der Waals surface area contributed by atoms with E-state index in [4.69, 9.17) is 4.74 Å². The van der Waals surface area contributed by atoms with Crippen molar-refractivity contribution in [3.05, 3.63) is 83.9 Å². The average molecular weight is 490 g/mol. The van der Waals surface area contributed by atoms with Gasteiger partial charge >= 0.3 is 13.2 Å². The van der Waals surface area contributed by atoms with Crippen LogP contribution in [-0.4, -0.2) is 46.9 Å². The van der Waals surface area contributed by atoms with Crippen LogP contribution in [0.2, 0.25) is 0 Å². The zero-order chi connectivity index (χ0) is 26.1. The van der Waals surface area contributed by atoms with Crippen LogP contribution in [0.1, 0.15) is 31.4 Å². The van der Waals surface area contributed by atoms with Crippen LogP contribution in [0.25, 0.3) is 10.8 Å². The monoisotopic (exact) mass is 490 g/mol. The highest BCUT2D eigenvalue weighted by atomic mass is 16.5. The van der Waals surface area contributed by atoms with Gasteiger partial charge in [-0.3, -0.25) is 4.79 Å². The zero-order valence-corrected chi connectivity index (χ0v) is 20.4. The van der Waals surface area contributed by atoms with Crippen molar-refractivity contribution in [2.75, 3.05) is 0 Å². The summed E-state index contributed by atoms with van der Waals surface area (Å²) >= 11 is 0. The SMILES string of the molecule is CC(C)C[C@H](NC(=O)[C@H](Cc1ccc2ccccc2c1)NC(=O)OCc1ccccc1)C(=O)B(O)O. The van der Waals surface area contributed by atoms with E-state index in [9.17, 15) is 24.4 Å². The summed E-state index contributed by atoms with van der Waals surface area (Å²) in [7, 11) is -2.21. The van der Waals surface area contributed by atoms with E-state index < -0.39 is 36.9 Å². The van der Waals surface area contributed by atoms with Gasteiger partial charge in [0.25, 0.3) is 0 Å². The molecule has 0 saturated carbocycles. The first-order valence-corrected chi connectivity index (χ1v) is 11.9. The topological polar surface area (TPSA) is 125 Å². The van der Waals surface area contributed by atoms with Crippen LogP contribution < -0.4 is 10.6 Å². The van der Waals surface area contributed by atoms with Crippen molar-refractivity contribution in [3.8, 4) is 0 Å². The highest BCUT2D eigenvalue weighted by Crippen LogP contribution is 2.17. The fourth-order valence-corrected chi connectivity index (χ4v) is 3.89. The molecule has 0 spiro atoms. The summed E-state index contributed by atoms with van der Waals surface area (Å²) in [5.41, 5.74) is 0.682. The van der Waals surface area contributed by atoms with E-state index in [2.05, 4.69) is 10.6 Å². The number of ether oxygens (including phenoxy) is 1. The highest BCUT2D eigenvalue weighted by molar-refractivity contribution is 6.79. The van der Waals surface area contributed by atoms with Crippen LogP contribution in [0.3, 0.4) is 0 Å². The molecular weight excluding hydrogens is 459 g/mol. The number of alkyl carbamates (subject to hydrolysis) is 1. The molecule has 4 N–H and O–H groups in total. The van der Waals surface area contributed by atoms with Gasteiger partial charge in [0.05, 0.1) is 6.04 Å². The number of carbonyl (C=O) groups excluding carboxylic acids is 3. The van der Waals surface area contributed by atoms with Crippen LogP contribution in [0.5, 0.6) is 0 Å². The molecule has 188 valence electrons. The van der Waals surface area contributed by atoms with Gasteiger partial charge in [-0.2, -0.15) is 0 Å². The smallest absolute Gasteiger partial charge is 0.445 e. The fraction of sp³-hybridized carbons (Fsp3) is 0.296. The predicted molar refractivity (Wildman–Crippen MR) is 138 cm³/mol. The summed E-state index contributed by atoms with van der Waals surface area (Å²) in [6.45, 7) is 3.73. The molecule has 3 aromatic rings. The molecule has 0 radical (unpaired) electrons. The predicted octanol–water partition coefficient (Wildman–Crippen LogP) is 2.79. The summed E-state index contributed by atoms with van der Waals surface area (Å²) in [5.74, 6) is -0.625. The maximum atomic E-state index is 13.2. The van der Waals surface area contributed by atoms with E-state index in [1.807, 2.05) is 86.6 Å². The second kappa shape index (κ2) is 12.9. The summed E-state index contributed by atoms with van der Waals surface area (Å²) in [6, 6.07) is 20.5. The lowest BCUT2D eigenvalue weighted by atomic mass is 9.77. The molecule has 9 heteroatoms. The molecule has 36 heavy (non-hydrogen) atoms. The number of nitrogens with one attached hydrogen (secondary N) is 2. The number of amides is 2. The van der Waals surface area contributed by atoms with Gasteiger partial charge in [-0.05, 0) is 34.2 Å². The molecule has 0 saturated heterocycles. The summed E-state index contributed by atoms with van der Waals surface area (Å²) in [6.07, 6.45) is -0.432. The molecule has 0 fully saturated rings. The Bertz CT molecular complexity index is 1190. The van der Waals surface area contributed by atoms with Crippen LogP contribution >= 0.6 is 0 Å². The van der Waals surface area contributed by atoms with E-state index in [1.54, 1.807) is 0 Å². The molecule has 8 nitrogen and oxygen atoms in total. The average Bonchev–Trinajstić information content (AvgIpc) is 2.86. The second-order valence-electron chi connectivity index (χ2n) is 9.11. The minimum absolute atomic E-state index is 0.000680. The van der Waals surface area contributed by atoms with Gasteiger partial charge in [-0.15, -0.1) is 0 Å². The normalized spacial score (nSPS) is 12.6. The number of fused-ring (bicyclic) bond motifs is 1. The number of benzene rings is 3. The standard InChI is InChI=1S/C27H31BN2O6/c1-18(2)14-23(25(31)28(34)35)29-26(32)24(30-27(33)36-17-19-8-4-3-5-9-19)16-20-12-13-21-10-6-7-11-22(21)15-20/h3-13,15,18,23-24,34-35H,14,16-17H2,1-2H3,(H,29,32)(H,30,33)/t23-,24-/m0/s1. The molecule has 3 rings (SSSR count). The van der Waals surface area contributed by atoms with Crippen LogP contribution in [0.15, 0.2) is 72.8 Å². The van der Waals surface area contributed by atoms with Crippen molar-refractivity contribution in [1.29, 1.82) is 0 Å². The quantitative estimate of drug-likeness (QED) is 0.307. The van der Waals surface area contributed by atoms with Gasteiger partial charge in [-0.25, -0.2) is 4.79 Å². The molecule has 3 aromatic carbocycles. The van der Waals surface area contributed by atoms with Crippen molar-refractivity contribution in [2.45, 2.75) is 45.4 Å². The second-order valence-corrected chi connectivity index (χ2v) is 9.11. The maximum absolute atomic E-state index is 13.2. The largest absolute Gasteiger partial charge is 0.529 e. The summed E-state index contributed by atoms with van der Waals surface area (Å²) in [4.78, 5) is 38.1. The van der Waals surface area contributed by atoms with Crippen molar-refractivity contribution in [2.24, 2.45) is 5.92 Å². The third-order valence-corrected chi connectivity index (χ3v) is 5.70. The molecule has 0 aliphatic heterocycles. The minimum atomic E-state index is -2.21. The molecule has 0 aromatic heterocycles. The van der Waals surface area contributed by atoms with Gasteiger partial charge in [0.2, 0.25) is 5.91 Å². The molecule has 0 aliphatic carbocycles. The van der Waals surface area contributed by atoms with Crippen molar-refractivity contribution in [3.63, 3.8) is 0 Å². The molecule has 2 amide bonds.